The van der Waals surface area contributed by atoms with Crippen molar-refractivity contribution in [2.24, 2.45) is 17.2 Å². The molecule has 7 N–H and O–H groups in total. The van der Waals surface area contributed by atoms with Crippen LogP contribution in [-0.2, 0) is 4.79 Å². The van der Waals surface area contributed by atoms with E-state index in [2.05, 4.69) is 5.32 Å². The van der Waals surface area contributed by atoms with E-state index in [-0.39, 0.29) is 11.7 Å². The van der Waals surface area contributed by atoms with Crippen LogP contribution in [0.4, 0.5) is 5.69 Å². The van der Waals surface area contributed by atoms with E-state index in [4.69, 9.17) is 17.2 Å². The van der Waals surface area contributed by atoms with Gasteiger partial charge in [0.05, 0.1) is 11.5 Å². The van der Waals surface area contributed by atoms with Gasteiger partial charge in [0.25, 0.3) is 0 Å². The summed E-state index contributed by atoms with van der Waals surface area (Å²) in [6, 6.07) is 7.28. The summed E-state index contributed by atoms with van der Waals surface area (Å²) in [5.41, 5.74) is 18.5. The summed E-state index contributed by atoms with van der Waals surface area (Å²) < 4.78 is 0. The Bertz CT molecular complexity index is 488. The summed E-state index contributed by atoms with van der Waals surface area (Å²) in [6.07, 6.45) is 3.52. The number of allylic oxidation sites excluding steroid dienone is 2. The van der Waals surface area contributed by atoms with Crippen LogP contribution in [0.3, 0.4) is 0 Å². The van der Waals surface area contributed by atoms with Crippen LogP contribution in [0.5, 0.6) is 0 Å². The molecule has 0 aliphatic carbocycles. The number of nitrogens with two attached hydrogens (primary N) is 3. The summed E-state index contributed by atoms with van der Waals surface area (Å²) in [4.78, 5) is 11.4. The normalized spacial score (nSPS) is 10.8. The van der Waals surface area contributed by atoms with E-state index in [0.717, 1.165) is 5.56 Å². The van der Waals surface area contributed by atoms with Crippen molar-refractivity contribution in [1.29, 1.82) is 0 Å². The number of rotatable bonds is 4. The summed E-state index contributed by atoms with van der Waals surface area (Å²) in [7, 11) is 0. The van der Waals surface area contributed by atoms with Gasteiger partial charge in [-0.25, -0.2) is 0 Å². The molecular weight excluding hydrogens is 228 g/mol. The predicted octanol–water partition coefficient (Wildman–Crippen LogP) is 1.09. The van der Waals surface area contributed by atoms with Crippen LogP contribution in [0.15, 0.2) is 42.2 Å². The third-order valence-electron chi connectivity index (χ3n) is 2.29. The van der Waals surface area contributed by atoms with E-state index in [1.54, 1.807) is 19.1 Å². The fraction of sp³-hybridized carbons (Fsp3) is 0.154. The summed E-state index contributed by atoms with van der Waals surface area (Å²) in [6.45, 7) is 1.79. The second-order valence-corrected chi connectivity index (χ2v) is 3.74. The quantitative estimate of drug-likeness (QED) is 0.596. The number of carbonyl (C=O) groups excluding carboxylic acids is 1. The summed E-state index contributed by atoms with van der Waals surface area (Å²) in [5.74, 6) is 0.108. The number of amides is 1. The predicted molar refractivity (Wildman–Crippen MR) is 74.0 cm³/mol. The van der Waals surface area contributed by atoms with Gasteiger partial charge in [-0.2, -0.15) is 0 Å². The van der Waals surface area contributed by atoms with Gasteiger partial charge < -0.3 is 22.5 Å². The fourth-order valence-electron chi connectivity index (χ4n) is 1.36. The van der Waals surface area contributed by atoms with Crippen LogP contribution < -0.4 is 22.5 Å². The average Bonchev–Trinajstić information content (AvgIpc) is 2.36. The van der Waals surface area contributed by atoms with E-state index in [9.17, 15) is 4.79 Å². The first-order chi connectivity index (χ1) is 8.54. The Morgan fingerprint density at radius 2 is 1.89 bits per heavy atom. The van der Waals surface area contributed by atoms with Crippen LogP contribution in [-0.4, -0.2) is 5.91 Å². The minimum atomic E-state index is -0.0656. The lowest BCUT2D eigenvalue weighted by Gasteiger charge is -2.10. The maximum absolute atomic E-state index is 11.4. The van der Waals surface area contributed by atoms with Crippen LogP contribution in [0.25, 0.3) is 5.70 Å². The average molecular weight is 246 g/mol. The molecule has 1 aromatic rings. The second kappa shape index (κ2) is 6.34. The summed E-state index contributed by atoms with van der Waals surface area (Å²) >= 11 is 0. The molecule has 1 amide bonds. The highest BCUT2D eigenvalue weighted by molar-refractivity contribution is 5.93. The maximum atomic E-state index is 11.4. The molecule has 0 unspecified atom stereocenters. The van der Waals surface area contributed by atoms with Crippen molar-refractivity contribution in [3.05, 3.63) is 47.8 Å². The standard InChI is InChI=1S/C13H18N4O/c1-2-13(18)17-11-6-4-3-5-9(11)10(14)7-8-12(15)16/h3-8H,2,14-16H2,1H3,(H,17,18)/b10-7-. The first-order valence-corrected chi connectivity index (χ1v) is 5.62. The van der Waals surface area contributed by atoms with E-state index in [1.165, 1.54) is 6.08 Å². The van der Waals surface area contributed by atoms with Gasteiger partial charge >= 0.3 is 0 Å². The lowest BCUT2D eigenvalue weighted by atomic mass is 10.1. The van der Waals surface area contributed by atoms with E-state index < -0.39 is 0 Å². The van der Waals surface area contributed by atoms with Gasteiger partial charge in [-0.3, -0.25) is 4.79 Å². The molecule has 0 atom stereocenters. The van der Waals surface area contributed by atoms with Gasteiger partial charge in [0.2, 0.25) is 5.91 Å². The number of anilines is 1. The van der Waals surface area contributed by atoms with Crippen molar-refractivity contribution in [3.63, 3.8) is 0 Å². The van der Waals surface area contributed by atoms with Crippen molar-refractivity contribution in [2.75, 3.05) is 5.32 Å². The number of benzene rings is 1. The third kappa shape index (κ3) is 3.86. The molecule has 0 bridgehead atoms. The van der Waals surface area contributed by atoms with Crippen LogP contribution >= 0.6 is 0 Å². The Kier molecular flexibility index (Phi) is 4.80. The Morgan fingerprint density at radius 1 is 1.22 bits per heavy atom. The van der Waals surface area contributed by atoms with Crippen molar-refractivity contribution < 1.29 is 4.79 Å². The van der Waals surface area contributed by atoms with E-state index in [1.807, 2.05) is 18.2 Å². The topological polar surface area (TPSA) is 107 Å². The van der Waals surface area contributed by atoms with Gasteiger partial charge in [0.15, 0.2) is 0 Å². The first-order valence-electron chi connectivity index (χ1n) is 5.62. The fourth-order valence-corrected chi connectivity index (χ4v) is 1.36. The molecule has 1 rings (SSSR count). The van der Waals surface area contributed by atoms with Crippen molar-refractivity contribution >= 4 is 17.3 Å². The highest BCUT2D eigenvalue weighted by atomic mass is 16.1. The van der Waals surface area contributed by atoms with Gasteiger partial charge in [-0.15, -0.1) is 0 Å². The molecule has 5 nitrogen and oxygen atoms in total. The van der Waals surface area contributed by atoms with Crippen molar-refractivity contribution in [2.45, 2.75) is 13.3 Å². The smallest absolute Gasteiger partial charge is 0.224 e. The van der Waals surface area contributed by atoms with Gasteiger partial charge in [0.1, 0.15) is 0 Å². The zero-order valence-corrected chi connectivity index (χ0v) is 10.3. The highest BCUT2D eigenvalue weighted by Crippen LogP contribution is 2.20. The third-order valence-corrected chi connectivity index (χ3v) is 2.29. The molecule has 96 valence electrons. The Labute approximate surface area is 106 Å². The minimum absolute atomic E-state index is 0.0656. The Morgan fingerprint density at radius 3 is 2.50 bits per heavy atom. The number of hydrogen-bond donors (Lipinski definition) is 4. The lowest BCUT2D eigenvalue weighted by Crippen LogP contribution is -2.12. The minimum Gasteiger partial charge on any atom is -0.398 e. The number of hydrogen-bond acceptors (Lipinski definition) is 4. The number of para-hydroxylation sites is 1. The van der Waals surface area contributed by atoms with Crippen molar-refractivity contribution in [3.8, 4) is 0 Å². The molecule has 0 saturated carbocycles. The lowest BCUT2D eigenvalue weighted by molar-refractivity contribution is -0.115. The number of carbonyl (C=O) groups is 1. The second-order valence-electron chi connectivity index (χ2n) is 3.74. The van der Waals surface area contributed by atoms with Gasteiger partial charge in [-0.05, 0) is 18.2 Å². The zero-order valence-electron chi connectivity index (χ0n) is 10.3. The molecule has 0 radical (unpaired) electrons. The molecule has 0 aromatic heterocycles. The van der Waals surface area contributed by atoms with Gasteiger partial charge in [-0.1, -0.05) is 25.1 Å². The molecule has 0 fully saturated rings. The monoisotopic (exact) mass is 246 g/mol. The highest BCUT2D eigenvalue weighted by Gasteiger charge is 2.06. The van der Waals surface area contributed by atoms with E-state index in [0.29, 0.717) is 17.8 Å². The van der Waals surface area contributed by atoms with E-state index >= 15 is 0 Å². The first kappa shape index (κ1) is 13.6. The van der Waals surface area contributed by atoms with Gasteiger partial charge in [0, 0.05) is 17.7 Å². The van der Waals surface area contributed by atoms with Crippen LogP contribution in [0.2, 0.25) is 0 Å². The van der Waals surface area contributed by atoms with Crippen LogP contribution in [0.1, 0.15) is 18.9 Å². The molecule has 0 aliphatic rings. The zero-order chi connectivity index (χ0) is 13.5. The molecule has 0 heterocycles. The molecule has 5 heteroatoms. The Balaban J connectivity index is 3.05. The Hall–Kier alpha value is -2.43. The largest absolute Gasteiger partial charge is 0.398 e. The van der Waals surface area contributed by atoms with Crippen LogP contribution in [0, 0.1) is 0 Å². The SMILES string of the molecule is CCC(=O)Nc1ccccc1/C(N)=C/C=C(N)N. The maximum Gasteiger partial charge on any atom is 0.224 e. The molecule has 0 spiro atoms. The molecular formula is C13H18N4O. The molecule has 0 saturated heterocycles. The number of nitrogens with one attached hydrogen (secondary N) is 1. The summed E-state index contributed by atoms with van der Waals surface area (Å²) in [5, 5.41) is 2.79. The molecule has 18 heavy (non-hydrogen) atoms. The molecule has 1 aromatic carbocycles. The van der Waals surface area contributed by atoms with Crippen molar-refractivity contribution in [1.82, 2.24) is 0 Å². The molecule has 0 aliphatic heterocycles.